The zero-order chi connectivity index (χ0) is 17.9. The number of aromatic nitrogens is 4. The predicted octanol–water partition coefficient (Wildman–Crippen LogP) is 1.15. The van der Waals surface area contributed by atoms with Gasteiger partial charge in [0.2, 0.25) is 17.6 Å². The van der Waals surface area contributed by atoms with Crippen molar-refractivity contribution in [1.82, 2.24) is 24.9 Å². The number of methoxy groups -OCH3 is 1. The van der Waals surface area contributed by atoms with Gasteiger partial charge in [0.25, 0.3) is 5.91 Å². The van der Waals surface area contributed by atoms with Crippen molar-refractivity contribution in [2.24, 2.45) is 0 Å². The van der Waals surface area contributed by atoms with Crippen LogP contribution in [0.2, 0.25) is 0 Å². The van der Waals surface area contributed by atoms with Gasteiger partial charge in [0.15, 0.2) is 0 Å². The minimum atomic E-state index is -0.122. The number of hydrogen-bond acceptors (Lipinski definition) is 7. The summed E-state index contributed by atoms with van der Waals surface area (Å²) >= 11 is 0. The molecule has 4 heterocycles. The van der Waals surface area contributed by atoms with E-state index in [1.54, 1.807) is 27.9 Å². The Morgan fingerprint density at radius 2 is 2.08 bits per heavy atom. The van der Waals surface area contributed by atoms with Crippen LogP contribution in [0.4, 0.5) is 0 Å². The van der Waals surface area contributed by atoms with Crippen LogP contribution >= 0.6 is 0 Å². The summed E-state index contributed by atoms with van der Waals surface area (Å²) in [5.74, 6) is 1.37. The molecule has 1 atom stereocenters. The maximum absolute atomic E-state index is 12.9. The molecule has 0 aromatic carbocycles. The van der Waals surface area contributed by atoms with Crippen LogP contribution in [0.1, 0.15) is 29.6 Å². The number of nitrogens with zero attached hydrogens (tertiary/aromatic N) is 5. The minimum Gasteiger partial charge on any atom is -0.480 e. The molecular weight excluding hydrogens is 338 g/mol. The van der Waals surface area contributed by atoms with Gasteiger partial charge >= 0.3 is 0 Å². The number of carbonyl (C=O) groups excluding carboxylic acids is 1. The van der Waals surface area contributed by atoms with Crippen molar-refractivity contribution in [1.29, 1.82) is 0 Å². The SMILES string of the molecule is COc1ccc(OC2CCCN(C(=O)c3cnn4c3OCCC4)C2)nn1. The number of piperidine rings is 1. The first-order valence-corrected chi connectivity index (χ1v) is 8.77. The molecule has 138 valence electrons. The molecule has 0 aliphatic carbocycles. The Morgan fingerprint density at radius 1 is 1.23 bits per heavy atom. The normalized spacial score (nSPS) is 19.4. The third-order valence-corrected chi connectivity index (χ3v) is 4.55. The standard InChI is InChI=1S/C17H21N5O4/c1-24-14-5-6-15(20-19-14)26-12-4-2-7-21(11-12)16(23)13-10-18-22-8-3-9-25-17(13)22/h5-6,10,12H,2-4,7-9,11H2,1H3. The molecule has 0 radical (unpaired) electrons. The number of fused-ring (bicyclic) bond motifs is 1. The second-order valence-electron chi connectivity index (χ2n) is 6.34. The number of amides is 1. The quantitative estimate of drug-likeness (QED) is 0.808. The van der Waals surface area contributed by atoms with E-state index in [1.165, 1.54) is 7.11 Å². The van der Waals surface area contributed by atoms with Crippen LogP contribution < -0.4 is 14.2 Å². The molecule has 1 saturated heterocycles. The Balaban J connectivity index is 1.42. The van der Waals surface area contributed by atoms with Gasteiger partial charge in [-0.15, -0.1) is 10.2 Å². The van der Waals surface area contributed by atoms with E-state index in [-0.39, 0.29) is 12.0 Å². The van der Waals surface area contributed by atoms with E-state index >= 15 is 0 Å². The van der Waals surface area contributed by atoms with Crippen molar-refractivity contribution in [2.75, 3.05) is 26.8 Å². The molecule has 0 N–H and O–H groups in total. The number of ether oxygens (including phenoxy) is 3. The summed E-state index contributed by atoms with van der Waals surface area (Å²) in [7, 11) is 1.54. The van der Waals surface area contributed by atoms with Gasteiger partial charge in [-0.2, -0.15) is 5.10 Å². The molecule has 2 aliphatic rings. The maximum Gasteiger partial charge on any atom is 0.261 e. The molecule has 0 bridgehead atoms. The molecule has 4 rings (SSSR count). The van der Waals surface area contributed by atoms with Crippen LogP contribution in [0.25, 0.3) is 0 Å². The Hall–Kier alpha value is -2.84. The first-order valence-electron chi connectivity index (χ1n) is 8.77. The van der Waals surface area contributed by atoms with Crippen LogP contribution in [-0.2, 0) is 6.54 Å². The lowest BCUT2D eigenvalue weighted by Gasteiger charge is -2.32. The average molecular weight is 359 g/mol. The summed E-state index contributed by atoms with van der Waals surface area (Å²) in [6.07, 6.45) is 4.11. The monoisotopic (exact) mass is 359 g/mol. The van der Waals surface area contributed by atoms with E-state index in [4.69, 9.17) is 14.2 Å². The predicted molar refractivity (Wildman–Crippen MR) is 90.5 cm³/mol. The van der Waals surface area contributed by atoms with E-state index in [0.29, 0.717) is 42.9 Å². The summed E-state index contributed by atoms with van der Waals surface area (Å²) in [4.78, 5) is 14.7. The van der Waals surface area contributed by atoms with Crippen LogP contribution in [0.3, 0.4) is 0 Å². The number of aryl methyl sites for hydroxylation is 1. The van der Waals surface area contributed by atoms with Crippen molar-refractivity contribution in [3.63, 3.8) is 0 Å². The Morgan fingerprint density at radius 3 is 2.88 bits per heavy atom. The average Bonchev–Trinajstić information content (AvgIpc) is 3.12. The summed E-state index contributed by atoms with van der Waals surface area (Å²) in [6.45, 7) is 2.59. The lowest BCUT2D eigenvalue weighted by atomic mass is 10.1. The van der Waals surface area contributed by atoms with Crippen LogP contribution in [0.15, 0.2) is 18.3 Å². The molecule has 9 heteroatoms. The van der Waals surface area contributed by atoms with Gasteiger partial charge in [-0.25, -0.2) is 4.68 Å². The van der Waals surface area contributed by atoms with E-state index in [1.807, 2.05) is 0 Å². The zero-order valence-corrected chi connectivity index (χ0v) is 14.6. The van der Waals surface area contributed by atoms with Crippen molar-refractivity contribution in [2.45, 2.75) is 31.9 Å². The summed E-state index contributed by atoms with van der Waals surface area (Å²) in [5.41, 5.74) is 0.523. The Kier molecular flexibility index (Phi) is 4.59. The highest BCUT2D eigenvalue weighted by Gasteiger charge is 2.30. The van der Waals surface area contributed by atoms with E-state index < -0.39 is 0 Å². The maximum atomic E-state index is 12.9. The van der Waals surface area contributed by atoms with Crippen LogP contribution in [0.5, 0.6) is 17.6 Å². The highest BCUT2D eigenvalue weighted by atomic mass is 16.5. The zero-order valence-electron chi connectivity index (χ0n) is 14.6. The molecule has 0 spiro atoms. The molecule has 2 aromatic heterocycles. The van der Waals surface area contributed by atoms with E-state index in [2.05, 4.69) is 15.3 Å². The number of likely N-dealkylation sites (tertiary alicyclic amines) is 1. The minimum absolute atomic E-state index is 0.0673. The van der Waals surface area contributed by atoms with Crippen LogP contribution in [-0.4, -0.2) is 63.7 Å². The lowest BCUT2D eigenvalue weighted by Crippen LogP contribution is -2.44. The first kappa shape index (κ1) is 16.6. The highest BCUT2D eigenvalue weighted by Crippen LogP contribution is 2.25. The fourth-order valence-corrected chi connectivity index (χ4v) is 3.26. The van der Waals surface area contributed by atoms with E-state index in [9.17, 15) is 4.79 Å². The van der Waals surface area contributed by atoms with Crippen molar-refractivity contribution in [3.05, 3.63) is 23.9 Å². The van der Waals surface area contributed by atoms with Crippen molar-refractivity contribution < 1.29 is 19.0 Å². The number of hydrogen-bond donors (Lipinski definition) is 0. The Labute approximate surface area is 150 Å². The smallest absolute Gasteiger partial charge is 0.261 e. The van der Waals surface area contributed by atoms with Gasteiger partial charge in [-0.05, 0) is 12.8 Å². The summed E-state index contributed by atoms with van der Waals surface area (Å²) in [6, 6.07) is 3.42. The lowest BCUT2D eigenvalue weighted by molar-refractivity contribution is 0.0520. The summed E-state index contributed by atoms with van der Waals surface area (Å²) < 4.78 is 18.3. The third kappa shape index (κ3) is 3.29. The van der Waals surface area contributed by atoms with Gasteiger partial charge in [0.1, 0.15) is 11.7 Å². The molecule has 0 saturated carbocycles. The largest absolute Gasteiger partial charge is 0.480 e. The molecule has 1 unspecified atom stereocenters. The number of rotatable bonds is 4. The van der Waals surface area contributed by atoms with Gasteiger partial charge < -0.3 is 19.1 Å². The van der Waals surface area contributed by atoms with Gasteiger partial charge in [-0.3, -0.25) is 4.79 Å². The molecule has 1 amide bonds. The third-order valence-electron chi connectivity index (χ3n) is 4.55. The molecule has 2 aromatic rings. The highest BCUT2D eigenvalue weighted by molar-refractivity contribution is 5.96. The van der Waals surface area contributed by atoms with Crippen LogP contribution in [0, 0.1) is 0 Å². The number of carbonyl (C=O) groups is 1. The van der Waals surface area contributed by atoms with Gasteiger partial charge in [0, 0.05) is 31.6 Å². The topological polar surface area (TPSA) is 91.6 Å². The summed E-state index contributed by atoms with van der Waals surface area (Å²) in [5, 5.41) is 12.1. The molecular formula is C17H21N5O4. The second-order valence-corrected chi connectivity index (χ2v) is 6.34. The molecule has 9 nitrogen and oxygen atoms in total. The Bertz CT molecular complexity index is 776. The first-order chi connectivity index (χ1) is 12.7. The van der Waals surface area contributed by atoms with Crippen molar-refractivity contribution in [3.8, 4) is 17.6 Å². The molecule has 26 heavy (non-hydrogen) atoms. The van der Waals surface area contributed by atoms with Gasteiger partial charge in [0.05, 0.1) is 26.5 Å². The molecule has 2 aliphatic heterocycles. The fourth-order valence-electron chi connectivity index (χ4n) is 3.26. The molecule has 1 fully saturated rings. The second kappa shape index (κ2) is 7.19. The van der Waals surface area contributed by atoms with Crippen molar-refractivity contribution >= 4 is 5.91 Å². The van der Waals surface area contributed by atoms with Gasteiger partial charge in [-0.1, -0.05) is 0 Å². The fraction of sp³-hybridized carbons (Fsp3) is 0.529. The van der Waals surface area contributed by atoms with E-state index in [0.717, 1.165) is 25.8 Å².